The number of H-pyrrole nitrogens is 1. The summed E-state index contributed by atoms with van der Waals surface area (Å²) in [5, 5.41) is 4.25. The fourth-order valence-corrected chi connectivity index (χ4v) is 2.90. The summed E-state index contributed by atoms with van der Waals surface area (Å²) in [6.45, 7) is 2.39. The molecule has 1 aliphatic rings. The van der Waals surface area contributed by atoms with Crippen LogP contribution in [0.5, 0.6) is 0 Å². The molecule has 2 heterocycles. The van der Waals surface area contributed by atoms with Crippen molar-refractivity contribution in [3.63, 3.8) is 0 Å². The van der Waals surface area contributed by atoms with Gasteiger partial charge in [0.05, 0.1) is 6.61 Å². The zero-order valence-electron chi connectivity index (χ0n) is 12.2. The molecule has 0 saturated carbocycles. The van der Waals surface area contributed by atoms with Gasteiger partial charge >= 0.3 is 0 Å². The maximum atomic E-state index is 12.0. The molecule has 2 aromatic rings. The average Bonchev–Trinajstić information content (AvgIpc) is 2.95. The molecule has 1 aliphatic heterocycles. The van der Waals surface area contributed by atoms with E-state index in [0.29, 0.717) is 12.3 Å². The van der Waals surface area contributed by atoms with E-state index in [2.05, 4.69) is 22.4 Å². The predicted molar refractivity (Wildman–Crippen MR) is 83.2 cm³/mol. The molecule has 0 radical (unpaired) electrons. The Bertz CT molecular complexity index is 600. The van der Waals surface area contributed by atoms with Crippen LogP contribution in [-0.4, -0.2) is 30.6 Å². The van der Waals surface area contributed by atoms with E-state index in [4.69, 9.17) is 4.74 Å². The minimum Gasteiger partial charge on any atom is -0.381 e. The van der Waals surface area contributed by atoms with E-state index < -0.39 is 0 Å². The zero-order valence-corrected chi connectivity index (χ0v) is 12.2. The fraction of sp³-hybridized carbons (Fsp3) is 0.471. The van der Waals surface area contributed by atoms with Crippen LogP contribution in [-0.2, 0) is 16.0 Å². The Kier molecular flexibility index (Phi) is 4.55. The predicted octanol–water partition coefficient (Wildman–Crippen LogP) is 2.64. The highest BCUT2D eigenvalue weighted by Gasteiger charge is 2.14. The summed E-state index contributed by atoms with van der Waals surface area (Å²) in [6, 6.07) is 8.20. The summed E-state index contributed by atoms with van der Waals surface area (Å²) in [6.07, 6.45) is 5.58. The minimum atomic E-state index is 0.130. The summed E-state index contributed by atoms with van der Waals surface area (Å²) >= 11 is 0. The van der Waals surface area contributed by atoms with Crippen LogP contribution >= 0.6 is 0 Å². The number of benzene rings is 1. The quantitative estimate of drug-likeness (QED) is 0.888. The van der Waals surface area contributed by atoms with Gasteiger partial charge in [-0.2, -0.15) is 0 Å². The van der Waals surface area contributed by atoms with Gasteiger partial charge in [0.15, 0.2) is 0 Å². The van der Waals surface area contributed by atoms with Crippen molar-refractivity contribution >= 4 is 16.8 Å². The fourth-order valence-electron chi connectivity index (χ4n) is 2.90. The topological polar surface area (TPSA) is 54.1 Å². The third-order valence-electron chi connectivity index (χ3n) is 4.14. The van der Waals surface area contributed by atoms with Crippen molar-refractivity contribution in [2.45, 2.75) is 25.7 Å². The van der Waals surface area contributed by atoms with Gasteiger partial charge in [-0.05, 0) is 36.8 Å². The van der Waals surface area contributed by atoms with Gasteiger partial charge in [0.25, 0.3) is 0 Å². The molecule has 1 atom stereocenters. The molecular formula is C17H22N2O2. The molecule has 0 bridgehead atoms. The first-order valence-corrected chi connectivity index (χ1v) is 7.72. The number of aryl methyl sites for hydroxylation is 1. The van der Waals surface area contributed by atoms with Gasteiger partial charge in [0.1, 0.15) is 0 Å². The van der Waals surface area contributed by atoms with Gasteiger partial charge in [-0.25, -0.2) is 0 Å². The molecule has 0 spiro atoms. The molecule has 4 nitrogen and oxygen atoms in total. The van der Waals surface area contributed by atoms with Crippen LogP contribution < -0.4 is 5.32 Å². The maximum absolute atomic E-state index is 12.0. The highest BCUT2D eigenvalue weighted by molar-refractivity contribution is 5.84. The molecule has 1 amide bonds. The zero-order chi connectivity index (χ0) is 14.5. The number of rotatable bonds is 5. The van der Waals surface area contributed by atoms with E-state index in [1.54, 1.807) is 0 Å². The molecule has 4 heteroatoms. The van der Waals surface area contributed by atoms with E-state index in [1.165, 1.54) is 10.9 Å². The molecule has 1 saturated heterocycles. The van der Waals surface area contributed by atoms with Crippen LogP contribution in [0.1, 0.15) is 24.8 Å². The number of para-hydroxylation sites is 1. The highest BCUT2D eigenvalue weighted by Crippen LogP contribution is 2.19. The second-order valence-corrected chi connectivity index (χ2v) is 5.75. The van der Waals surface area contributed by atoms with Gasteiger partial charge < -0.3 is 15.0 Å². The molecule has 112 valence electrons. The number of hydrogen-bond acceptors (Lipinski definition) is 2. The normalized spacial score (nSPS) is 18.8. The van der Waals surface area contributed by atoms with E-state index in [-0.39, 0.29) is 5.91 Å². The number of ether oxygens (including phenoxy) is 1. The Morgan fingerprint density at radius 1 is 1.38 bits per heavy atom. The van der Waals surface area contributed by atoms with Gasteiger partial charge in [-0.1, -0.05) is 18.2 Å². The SMILES string of the molecule is O=C(CCc1c[nH]c2ccccc12)NCC1CCCOC1. The lowest BCUT2D eigenvalue weighted by Crippen LogP contribution is -2.33. The Labute approximate surface area is 124 Å². The summed E-state index contributed by atoms with van der Waals surface area (Å²) < 4.78 is 5.43. The number of fused-ring (bicyclic) bond motifs is 1. The molecule has 21 heavy (non-hydrogen) atoms. The lowest BCUT2D eigenvalue weighted by atomic mass is 10.0. The molecule has 1 aromatic carbocycles. The van der Waals surface area contributed by atoms with Crippen molar-refractivity contribution in [2.24, 2.45) is 5.92 Å². The molecule has 1 unspecified atom stereocenters. The lowest BCUT2D eigenvalue weighted by molar-refractivity contribution is -0.121. The number of carbonyl (C=O) groups is 1. The largest absolute Gasteiger partial charge is 0.381 e. The number of nitrogens with one attached hydrogen (secondary N) is 2. The van der Waals surface area contributed by atoms with Crippen LogP contribution in [0.2, 0.25) is 0 Å². The van der Waals surface area contributed by atoms with E-state index in [0.717, 1.165) is 44.5 Å². The summed E-state index contributed by atoms with van der Waals surface area (Å²) in [5.41, 5.74) is 2.34. The monoisotopic (exact) mass is 286 g/mol. The third-order valence-corrected chi connectivity index (χ3v) is 4.14. The van der Waals surface area contributed by atoms with Crippen molar-refractivity contribution in [3.8, 4) is 0 Å². The minimum absolute atomic E-state index is 0.130. The van der Waals surface area contributed by atoms with Gasteiger partial charge in [-0.3, -0.25) is 4.79 Å². The van der Waals surface area contributed by atoms with Crippen molar-refractivity contribution in [1.29, 1.82) is 0 Å². The standard InChI is InChI=1S/C17H22N2O2/c20-17(19-10-13-4-3-9-21-12-13)8-7-14-11-18-16-6-2-1-5-15(14)16/h1-2,5-6,11,13,18H,3-4,7-10,12H2,(H,19,20). The molecule has 3 rings (SSSR count). The molecule has 1 aromatic heterocycles. The van der Waals surface area contributed by atoms with Crippen LogP contribution in [0.3, 0.4) is 0 Å². The van der Waals surface area contributed by atoms with Gasteiger partial charge in [0, 0.05) is 36.7 Å². The molecule has 0 aliphatic carbocycles. The van der Waals surface area contributed by atoms with Crippen molar-refractivity contribution in [3.05, 3.63) is 36.0 Å². The second-order valence-electron chi connectivity index (χ2n) is 5.75. The Hall–Kier alpha value is -1.81. The first-order chi connectivity index (χ1) is 10.3. The van der Waals surface area contributed by atoms with Gasteiger partial charge in [0.2, 0.25) is 5.91 Å². The lowest BCUT2D eigenvalue weighted by Gasteiger charge is -2.22. The molecular weight excluding hydrogens is 264 g/mol. The van der Waals surface area contributed by atoms with Crippen molar-refractivity contribution < 1.29 is 9.53 Å². The third kappa shape index (κ3) is 3.64. The maximum Gasteiger partial charge on any atom is 0.220 e. The summed E-state index contributed by atoms with van der Waals surface area (Å²) in [4.78, 5) is 15.2. The first kappa shape index (κ1) is 14.1. The Morgan fingerprint density at radius 2 is 2.29 bits per heavy atom. The highest BCUT2D eigenvalue weighted by atomic mass is 16.5. The molecule has 2 N–H and O–H groups in total. The van der Waals surface area contributed by atoms with E-state index in [9.17, 15) is 4.79 Å². The average molecular weight is 286 g/mol. The second kappa shape index (κ2) is 6.76. The van der Waals surface area contributed by atoms with Crippen LogP contribution in [0.15, 0.2) is 30.5 Å². The smallest absolute Gasteiger partial charge is 0.220 e. The van der Waals surface area contributed by atoms with Gasteiger partial charge in [-0.15, -0.1) is 0 Å². The van der Waals surface area contributed by atoms with E-state index in [1.807, 2.05) is 18.3 Å². The van der Waals surface area contributed by atoms with Crippen LogP contribution in [0.25, 0.3) is 10.9 Å². The van der Waals surface area contributed by atoms with Crippen molar-refractivity contribution in [1.82, 2.24) is 10.3 Å². The Balaban J connectivity index is 1.47. The first-order valence-electron chi connectivity index (χ1n) is 7.72. The number of hydrogen-bond donors (Lipinski definition) is 2. The number of carbonyl (C=O) groups excluding carboxylic acids is 1. The number of aromatic amines is 1. The summed E-state index contributed by atoms with van der Waals surface area (Å²) in [7, 11) is 0. The number of amides is 1. The van der Waals surface area contributed by atoms with Crippen molar-refractivity contribution in [2.75, 3.05) is 19.8 Å². The van der Waals surface area contributed by atoms with E-state index >= 15 is 0 Å². The molecule has 1 fully saturated rings. The number of aromatic nitrogens is 1. The van der Waals surface area contributed by atoms with Crippen LogP contribution in [0.4, 0.5) is 0 Å². The Morgan fingerprint density at radius 3 is 3.14 bits per heavy atom. The summed E-state index contributed by atoms with van der Waals surface area (Å²) in [5.74, 6) is 0.613. The van der Waals surface area contributed by atoms with Crippen LogP contribution in [0, 0.1) is 5.92 Å².